The van der Waals surface area contributed by atoms with E-state index in [-0.39, 0.29) is 11.8 Å². The summed E-state index contributed by atoms with van der Waals surface area (Å²) >= 11 is 0. The Hall–Kier alpha value is -1.90. The summed E-state index contributed by atoms with van der Waals surface area (Å²) < 4.78 is 0. The van der Waals surface area contributed by atoms with Gasteiger partial charge in [-0.15, -0.1) is 0 Å². The maximum atomic E-state index is 12.2. The lowest BCUT2D eigenvalue weighted by Crippen LogP contribution is -2.48. The van der Waals surface area contributed by atoms with E-state index in [1.807, 2.05) is 26.8 Å². The van der Waals surface area contributed by atoms with E-state index >= 15 is 0 Å². The molecule has 1 aromatic rings. The highest BCUT2D eigenvalue weighted by molar-refractivity contribution is 6.08. The van der Waals surface area contributed by atoms with Gasteiger partial charge >= 0.3 is 0 Å². The van der Waals surface area contributed by atoms with Crippen LogP contribution in [0.25, 0.3) is 0 Å². The first kappa shape index (κ1) is 13.2. The molecule has 0 saturated carbocycles. The van der Waals surface area contributed by atoms with Gasteiger partial charge in [-0.2, -0.15) is 0 Å². The van der Waals surface area contributed by atoms with Gasteiger partial charge in [0.05, 0.1) is 0 Å². The molecule has 0 saturated heterocycles. The van der Waals surface area contributed by atoms with Crippen LogP contribution in [0.1, 0.15) is 31.1 Å². The average molecular weight is 231 g/mol. The molecule has 0 spiro atoms. The largest absolute Gasteiger partial charge is 0.270 e. The second kappa shape index (κ2) is 4.95. The Labute approximate surface area is 102 Å². The number of benzene rings is 1. The topological polar surface area (TPSA) is 37.4 Å². The molecule has 1 rings (SSSR count). The van der Waals surface area contributed by atoms with Crippen molar-refractivity contribution in [2.45, 2.75) is 26.3 Å². The SMILES string of the molecule is C=CC(=O)N(C(=O)c1ccccc1)C(C)(C)C. The fraction of sp³-hybridized carbons (Fsp3) is 0.286. The van der Waals surface area contributed by atoms with Crippen LogP contribution in [0.5, 0.6) is 0 Å². The highest BCUT2D eigenvalue weighted by Gasteiger charge is 2.31. The van der Waals surface area contributed by atoms with E-state index in [9.17, 15) is 9.59 Å². The van der Waals surface area contributed by atoms with Gasteiger partial charge in [0.2, 0.25) is 0 Å². The maximum Gasteiger partial charge on any atom is 0.261 e. The minimum Gasteiger partial charge on any atom is -0.270 e. The summed E-state index contributed by atoms with van der Waals surface area (Å²) in [5, 5.41) is 0. The van der Waals surface area contributed by atoms with Crippen LogP contribution in [-0.2, 0) is 4.79 Å². The minimum absolute atomic E-state index is 0.303. The Morgan fingerprint density at radius 3 is 2.12 bits per heavy atom. The van der Waals surface area contributed by atoms with Crippen LogP contribution in [0.3, 0.4) is 0 Å². The van der Waals surface area contributed by atoms with Gasteiger partial charge in [-0.05, 0) is 39.0 Å². The molecular weight excluding hydrogens is 214 g/mol. The van der Waals surface area contributed by atoms with Crippen molar-refractivity contribution in [3.8, 4) is 0 Å². The van der Waals surface area contributed by atoms with Gasteiger partial charge in [-0.1, -0.05) is 24.8 Å². The quantitative estimate of drug-likeness (QED) is 0.734. The van der Waals surface area contributed by atoms with Crippen LogP contribution >= 0.6 is 0 Å². The smallest absolute Gasteiger partial charge is 0.261 e. The molecule has 0 unspecified atom stereocenters. The lowest BCUT2D eigenvalue weighted by molar-refractivity contribution is -0.127. The summed E-state index contributed by atoms with van der Waals surface area (Å²) in [5.74, 6) is -0.686. The highest BCUT2D eigenvalue weighted by Crippen LogP contribution is 2.17. The average Bonchev–Trinajstić information content (AvgIpc) is 2.28. The molecule has 0 heterocycles. The van der Waals surface area contributed by atoms with Crippen molar-refractivity contribution in [3.05, 3.63) is 48.6 Å². The zero-order valence-electron chi connectivity index (χ0n) is 10.4. The predicted molar refractivity (Wildman–Crippen MR) is 67.6 cm³/mol. The number of carbonyl (C=O) groups is 2. The summed E-state index contributed by atoms with van der Waals surface area (Å²) in [5.41, 5.74) is -0.0734. The van der Waals surface area contributed by atoms with E-state index in [4.69, 9.17) is 0 Å². The van der Waals surface area contributed by atoms with Crippen LogP contribution in [-0.4, -0.2) is 22.3 Å². The van der Waals surface area contributed by atoms with Crippen molar-refractivity contribution in [2.75, 3.05) is 0 Å². The molecule has 2 amide bonds. The fourth-order valence-electron chi connectivity index (χ4n) is 1.54. The Morgan fingerprint density at radius 2 is 1.71 bits per heavy atom. The van der Waals surface area contributed by atoms with Crippen molar-refractivity contribution >= 4 is 11.8 Å². The van der Waals surface area contributed by atoms with E-state index in [0.717, 1.165) is 6.08 Å². The molecule has 0 radical (unpaired) electrons. The van der Waals surface area contributed by atoms with Crippen LogP contribution in [0.4, 0.5) is 0 Å². The molecule has 1 aromatic carbocycles. The number of nitrogens with zero attached hydrogens (tertiary/aromatic N) is 1. The van der Waals surface area contributed by atoms with Gasteiger partial charge in [0.25, 0.3) is 11.8 Å². The number of amides is 2. The van der Waals surface area contributed by atoms with Crippen molar-refractivity contribution in [1.82, 2.24) is 4.90 Å². The maximum absolute atomic E-state index is 12.2. The standard InChI is InChI=1S/C14H17NO2/c1-5-12(16)15(14(2,3)4)13(17)11-9-7-6-8-10-11/h5-10H,1H2,2-4H3. The number of hydrogen-bond acceptors (Lipinski definition) is 2. The molecule has 0 fully saturated rings. The number of hydrogen-bond donors (Lipinski definition) is 0. The fourth-order valence-corrected chi connectivity index (χ4v) is 1.54. The number of carbonyl (C=O) groups excluding carboxylic acids is 2. The molecule has 0 aliphatic heterocycles. The summed E-state index contributed by atoms with van der Waals surface area (Å²) in [6.45, 7) is 8.87. The molecule has 0 bridgehead atoms. The first-order valence-electron chi connectivity index (χ1n) is 5.44. The highest BCUT2D eigenvalue weighted by atomic mass is 16.2. The van der Waals surface area contributed by atoms with Crippen LogP contribution in [0.2, 0.25) is 0 Å². The van der Waals surface area contributed by atoms with Gasteiger partial charge < -0.3 is 0 Å². The summed E-state index contributed by atoms with van der Waals surface area (Å²) in [7, 11) is 0. The van der Waals surface area contributed by atoms with Crippen LogP contribution in [0, 0.1) is 0 Å². The molecule has 0 N–H and O–H groups in total. The third-order valence-corrected chi connectivity index (χ3v) is 2.29. The van der Waals surface area contributed by atoms with Crippen molar-refractivity contribution in [1.29, 1.82) is 0 Å². The van der Waals surface area contributed by atoms with Crippen molar-refractivity contribution in [2.24, 2.45) is 0 Å². The lowest BCUT2D eigenvalue weighted by Gasteiger charge is -2.33. The summed E-state index contributed by atoms with van der Waals surface area (Å²) in [4.78, 5) is 25.2. The third-order valence-electron chi connectivity index (χ3n) is 2.29. The van der Waals surface area contributed by atoms with E-state index in [1.54, 1.807) is 24.3 Å². The summed E-state index contributed by atoms with van der Waals surface area (Å²) in [6.07, 6.45) is 1.16. The number of rotatable bonds is 2. The predicted octanol–water partition coefficient (Wildman–Crippen LogP) is 2.64. The van der Waals surface area contributed by atoms with Gasteiger partial charge in [-0.25, -0.2) is 0 Å². The normalized spacial score (nSPS) is 10.8. The van der Waals surface area contributed by atoms with E-state index in [1.165, 1.54) is 4.90 Å². The first-order valence-corrected chi connectivity index (χ1v) is 5.44. The van der Waals surface area contributed by atoms with Crippen molar-refractivity contribution < 1.29 is 9.59 Å². The van der Waals surface area contributed by atoms with Gasteiger partial charge in [0, 0.05) is 11.1 Å². The monoisotopic (exact) mass is 231 g/mol. The second-order valence-electron chi connectivity index (χ2n) is 4.72. The van der Waals surface area contributed by atoms with E-state index < -0.39 is 5.54 Å². The Bertz CT molecular complexity index is 429. The zero-order chi connectivity index (χ0) is 13.1. The molecule has 0 atom stereocenters. The van der Waals surface area contributed by atoms with Crippen LogP contribution in [0.15, 0.2) is 43.0 Å². The Balaban J connectivity index is 3.13. The van der Waals surface area contributed by atoms with E-state index in [2.05, 4.69) is 6.58 Å². The molecule has 0 aromatic heterocycles. The minimum atomic E-state index is -0.571. The van der Waals surface area contributed by atoms with Gasteiger partial charge in [-0.3, -0.25) is 14.5 Å². The molecule has 3 nitrogen and oxygen atoms in total. The third kappa shape index (κ3) is 3.03. The Morgan fingerprint density at radius 1 is 1.18 bits per heavy atom. The molecule has 3 heteroatoms. The first-order chi connectivity index (χ1) is 7.88. The van der Waals surface area contributed by atoms with E-state index in [0.29, 0.717) is 5.56 Å². The second-order valence-corrected chi connectivity index (χ2v) is 4.72. The molecule has 90 valence electrons. The molecule has 0 aliphatic rings. The summed E-state index contributed by atoms with van der Waals surface area (Å²) in [6, 6.07) is 8.75. The van der Waals surface area contributed by atoms with Crippen LogP contribution < -0.4 is 0 Å². The Kier molecular flexibility index (Phi) is 3.84. The van der Waals surface area contributed by atoms with Gasteiger partial charge in [0.1, 0.15) is 0 Å². The molecule has 17 heavy (non-hydrogen) atoms. The lowest BCUT2D eigenvalue weighted by atomic mass is 10.0. The molecule has 0 aliphatic carbocycles. The molecular formula is C14H17NO2. The zero-order valence-corrected chi connectivity index (χ0v) is 10.4. The van der Waals surface area contributed by atoms with Crippen molar-refractivity contribution in [3.63, 3.8) is 0 Å². The van der Waals surface area contributed by atoms with Gasteiger partial charge in [0.15, 0.2) is 0 Å². The number of imide groups is 1.